The fraction of sp³-hybridized carbons (Fsp3) is 0.375. The van der Waals surface area contributed by atoms with Gasteiger partial charge in [-0.15, -0.1) is 0 Å². The van der Waals surface area contributed by atoms with E-state index in [0.29, 0.717) is 6.42 Å². The van der Waals surface area contributed by atoms with Gasteiger partial charge in [-0.1, -0.05) is 0 Å². The summed E-state index contributed by atoms with van der Waals surface area (Å²) in [7, 11) is 0. The maximum absolute atomic E-state index is 10.7. The van der Waals surface area contributed by atoms with Crippen LogP contribution in [0.4, 0.5) is 0 Å². The Kier molecular flexibility index (Phi) is 3.25. The highest BCUT2D eigenvalue weighted by Gasteiger charge is 2.11. The average molecular weight is 197 g/mol. The quantitative estimate of drug-likeness (QED) is 0.676. The Morgan fingerprint density at radius 3 is 2.92 bits per heavy atom. The Labute approximate surface area is 82.0 Å². The molecular weight excluding hydrogens is 186 g/mol. The molecule has 5 heteroatoms. The number of thiol groups is 1. The highest BCUT2D eigenvalue weighted by molar-refractivity contribution is 7.81. The Bertz CT molecular complexity index is 316. The van der Waals surface area contributed by atoms with Crippen molar-refractivity contribution in [2.75, 3.05) is 0 Å². The van der Waals surface area contributed by atoms with Crippen LogP contribution in [0.5, 0.6) is 0 Å². The van der Waals surface area contributed by atoms with E-state index in [0.717, 1.165) is 11.4 Å². The Morgan fingerprint density at radius 1 is 1.69 bits per heavy atom. The Morgan fingerprint density at radius 2 is 2.38 bits per heavy atom. The van der Waals surface area contributed by atoms with Crippen LogP contribution < -0.4 is 5.73 Å². The summed E-state index contributed by atoms with van der Waals surface area (Å²) in [5.41, 5.74) is 6.62. The molecule has 0 saturated heterocycles. The largest absolute Gasteiger partial charge is 0.369 e. The second-order valence-corrected chi connectivity index (χ2v) is 3.40. The third kappa shape index (κ3) is 3.02. The van der Waals surface area contributed by atoms with Crippen LogP contribution in [0.3, 0.4) is 0 Å². The number of rotatable bonds is 3. The molecule has 0 fully saturated rings. The zero-order valence-corrected chi connectivity index (χ0v) is 8.16. The van der Waals surface area contributed by atoms with Crippen molar-refractivity contribution in [2.24, 2.45) is 5.73 Å². The van der Waals surface area contributed by atoms with Gasteiger partial charge in [0.05, 0.1) is 16.6 Å². The first-order valence-corrected chi connectivity index (χ1v) is 4.36. The summed E-state index contributed by atoms with van der Waals surface area (Å²) in [5.74, 6) is -0.438. The van der Waals surface area contributed by atoms with Gasteiger partial charge < -0.3 is 5.73 Å². The minimum absolute atomic E-state index is 0.424. The molecule has 0 aliphatic carbocycles. The van der Waals surface area contributed by atoms with Gasteiger partial charge in [0.1, 0.15) is 0 Å². The molecule has 2 N–H and O–H groups in total. The fourth-order valence-corrected chi connectivity index (χ4v) is 1.10. The van der Waals surface area contributed by atoms with Crippen LogP contribution >= 0.6 is 12.6 Å². The van der Waals surface area contributed by atoms with Gasteiger partial charge in [-0.2, -0.15) is 12.6 Å². The van der Waals surface area contributed by atoms with E-state index in [1.165, 1.54) is 0 Å². The molecule has 70 valence electrons. The molecule has 1 amide bonds. The topological polar surface area (TPSA) is 68.9 Å². The van der Waals surface area contributed by atoms with Gasteiger partial charge in [0.25, 0.3) is 0 Å². The number of hydrogen-bond donors (Lipinski definition) is 2. The number of aryl methyl sites for hydroxylation is 1. The first-order chi connectivity index (χ1) is 6.09. The maximum Gasteiger partial charge on any atom is 0.230 e. The summed E-state index contributed by atoms with van der Waals surface area (Å²) in [4.78, 5) is 18.8. The second-order valence-electron chi connectivity index (χ2n) is 2.77. The van der Waals surface area contributed by atoms with Gasteiger partial charge in [0, 0.05) is 18.8 Å². The van der Waals surface area contributed by atoms with E-state index in [1.54, 1.807) is 12.4 Å². The van der Waals surface area contributed by atoms with Crippen molar-refractivity contribution in [3.63, 3.8) is 0 Å². The number of carbonyl (C=O) groups is 1. The fourth-order valence-electron chi connectivity index (χ4n) is 0.912. The highest BCUT2D eigenvalue weighted by atomic mass is 32.1. The second kappa shape index (κ2) is 4.23. The SMILES string of the molecule is Cc1cncc(CC(S)C(N)=O)n1. The number of nitrogens with zero attached hydrogens (tertiary/aromatic N) is 2. The lowest BCUT2D eigenvalue weighted by Gasteiger charge is -2.05. The summed E-state index contributed by atoms with van der Waals surface area (Å²) in [6.45, 7) is 1.84. The number of nitrogens with two attached hydrogens (primary N) is 1. The van der Waals surface area contributed by atoms with E-state index in [-0.39, 0.29) is 0 Å². The van der Waals surface area contributed by atoms with E-state index >= 15 is 0 Å². The number of amides is 1. The lowest BCUT2D eigenvalue weighted by molar-refractivity contribution is -0.117. The van der Waals surface area contributed by atoms with Crippen molar-refractivity contribution < 1.29 is 4.79 Å². The molecule has 1 aromatic heterocycles. The lowest BCUT2D eigenvalue weighted by atomic mass is 10.2. The molecule has 1 unspecified atom stereocenters. The smallest absolute Gasteiger partial charge is 0.230 e. The van der Waals surface area contributed by atoms with Crippen LogP contribution in [0, 0.1) is 6.92 Å². The van der Waals surface area contributed by atoms with Crippen molar-refractivity contribution in [1.82, 2.24) is 9.97 Å². The van der Waals surface area contributed by atoms with Crippen molar-refractivity contribution in [1.29, 1.82) is 0 Å². The molecule has 0 saturated carbocycles. The van der Waals surface area contributed by atoms with E-state index in [1.807, 2.05) is 6.92 Å². The molecule has 1 heterocycles. The third-order valence-electron chi connectivity index (χ3n) is 1.54. The minimum Gasteiger partial charge on any atom is -0.369 e. The zero-order chi connectivity index (χ0) is 9.84. The van der Waals surface area contributed by atoms with Crippen LogP contribution in [0.1, 0.15) is 11.4 Å². The predicted octanol–water partition coefficient (Wildman–Crippen LogP) is 0.111. The van der Waals surface area contributed by atoms with Crippen molar-refractivity contribution in [2.45, 2.75) is 18.6 Å². The molecule has 1 rings (SSSR count). The third-order valence-corrected chi connectivity index (χ3v) is 1.97. The molecule has 4 nitrogen and oxygen atoms in total. The Hall–Kier alpha value is -1.10. The van der Waals surface area contributed by atoms with Crippen LogP contribution in [-0.2, 0) is 11.2 Å². The van der Waals surface area contributed by atoms with E-state index in [2.05, 4.69) is 22.6 Å². The molecule has 0 aromatic carbocycles. The molecule has 0 radical (unpaired) electrons. The van der Waals surface area contributed by atoms with Gasteiger partial charge in [-0.3, -0.25) is 14.8 Å². The first-order valence-electron chi connectivity index (χ1n) is 3.84. The predicted molar refractivity (Wildman–Crippen MR) is 52.4 cm³/mol. The van der Waals surface area contributed by atoms with Crippen molar-refractivity contribution in [3.05, 3.63) is 23.8 Å². The summed E-state index contributed by atoms with van der Waals surface area (Å²) in [6, 6.07) is 0. The monoisotopic (exact) mass is 197 g/mol. The number of hydrogen-bond acceptors (Lipinski definition) is 4. The van der Waals surface area contributed by atoms with Crippen LogP contribution in [0.2, 0.25) is 0 Å². The molecule has 1 atom stereocenters. The highest BCUT2D eigenvalue weighted by Crippen LogP contribution is 2.04. The lowest BCUT2D eigenvalue weighted by Crippen LogP contribution is -2.26. The molecule has 0 spiro atoms. The normalized spacial score (nSPS) is 12.5. The summed E-state index contributed by atoms with van der Waals surface area (Å²) < 4.78 is 0. The van der Waals surface area contributed by atoms with Gasteiger partial charge >= 0.3 is 0 Å². The summed E-state index contributed by atoms with van der Waals surface area (Å²) in [5, 5.41) is -0.490. The van der Waals surface area contributed by atoms with Gasteiger partial charge in [-0.25, -0.2) is 0 Å². The molecule has 13 heavy (non-hydrogen) atoms. The molecular formula is C8H11N3OS. The van der Waals surface area contributed by atoms with E-state index in [4.69, 9.17) is 5.73 Å². The van der Waals surface area contributed by atoms with Crippen LogP contribution in [-0.4, -0.2) is 21.1 Å². The van der Waals surface area contributed by atoms with Crippen LogP contribution in [0.15, 0.2) is 12.4 Å². The van der Waals surface area contributed by atoms with Crippen molar-refractivity contribution in [3.8, 4) is 0 Å². The molecule has 1 aromatic rings. The standard InChI is InChI=1S/C8H11N3OS/c1-5-3-10-4-6(11-5)2-7(13)8(9)12/h3-4,7,13H,2H2,1H3,(H2,9,12). The summed E-state index contributed by atoms with van der Waals surface area (Å²) >= 11 is 4.03. The number of aromatic nitrogens is 2. The number of primary amides is 1. The van der Waals surface area contributed by atoms with Crippen molar-refractivity contribution >= 4 is 18.5 Å². The number of carbonyl (C=O) groups excluding carboxylic acids is 1. The molecule has 0 bridgehead atoms. The minimum atomic E-state index is -0.490. The first kappa shape index (κ1) is 9.98. The van der Waals surface area contributed by atoms with Gasteiger partial charge in [0.15, 0.2) is 0 Å². The van der Waals surface area contributed by atoms with E-state index < -0.39 is 11.2 Å². The molecule has 0 aliphatic heterocycles. The van der Waals surface area contributed by atoms with Crippen LogP contribution in [0.25, 0.3) is 0 Å². The Balaban J connectivity index is 2.69. The average Bonchev–Trinajstić information content (AvgIpc) is 2.04. The maximum atomic E-state index is 10.7. The van der Waals surface area contributed by atoms with E-state index in [9.17, 15) is 4.79 Å². The molecule has 0 aliphatic rings. The zero-order valence-electron chi connectivity index (χ0n) is 7.27. The summed E-state index contributed by atoms with van der Waals surface area (Å²) in [6.07, 6.45) is 3.69. The van der Waals surface area contributed by atoms with Gasteiger partial charge in [-0.05, 0) is 6.92 Å². The van der Waals surface area contributed by atoms with Gasteiger partial charge in [0.2, 0.25) is 5.91 Å².